The van der Waals surface area contributed by atoms with Crippen LogP contribution >= 0.6 is 22.7 Å². The fourth-order valence-corrected chi connectivity index (χ4v) is 5.89. The van der Waals surface area contributed by atoms with Gasteiger partial charge in [0.05, 0.1) is 4.88 Å². The molecule has 2 heterocycles. The minimum Gasteiger partial charge on any atom is -0.301 e. The average Bonchev–Trinajstić information content (AvgIpc) is 3.46. The molecule has 0 radical (unpaired) electrons. The van der Waals surface area contributed by atoms with Gasteiger partial charge in [0.25, 0.3) is 0 Å². The van der Waals surface area contributed by atoms with Crippen LogP contribution in [0.25, 0.3) is 0 Å². The molecule has 2 aromatic heterocycles. The molecule has 0 bridgehead atoms. The molecule has 0 amide bonds. The Morgan fingerprint density at radius 3 is 2.44 bits per heavy atom. The van der Waals surface area contributed by atoms with Crippen molar-refractivity contribution in [2.45, 2.75) is 63.8 Å². The van der Waals surface area contributed by atoms with E-state index in [0.717, 1.165) is 49.9 Å². The van der Waals surface area contributed by atoms with Crippen LogP contribution in [0.3, 0.4) is 0 Å². The van der Waals surface area contributed by atoms with Crippen molar-refractivity contribution in [2.75, 3.05) is 6.54 Å². The van der Waals surface area contributed by atoms with Gasteiger partial charge in [0, 0.05) is 17.2 Å². The van der Waals surface area contributed by atoms with Gasteiger partial charge in [-0.1, -0.05) is 38.3 Å². The van der Waals surface area contributed by atoms with Crippen molar-refractivity contribution in [2.24, 2.45) is 5.92 Å². The third-order valence-corrected chi connectivity index (χ3v) is 7.51. The molecular formula is C22H29NO2S2. The van der Waals surface area contributed by atoms with Crippen LogP contribution in [0.1, 0.15) is 72.8 Å². The van der Waals surface area contributed by atoms with Gasteiger partial charge in [0.2, 0.25) is 0 Å². The maximum atomic E-state index is 12.1. The predicted octanol–water partition coefficient (Wildman–Crippen LogP) is 5.82. The number of hydrogen-bond donors (Lipinski definition) is 1. The molecule has 2 fully saturated rings. The molecule has 27 heavy (non-hydrogen) atoms. The highest BCUT2D eigenvalue weighted by molar-refractivity contribution is 7.12. The molecule has 146 valence electrons. The van der Waals surface area contributed by atoms with Gasteiger partial charge >= 0.3 is 0 Å². The Kier molecular flexibility index (Phi) is 7.39. The van der Waals surface area contributed by atoms with Gasteiger partial charge in [0.15, 0.2) is 11.6 Å². The minimum absolute atomic E-state index is 0.337. The SMILES string of the molecule is CCNC1(c2cccs2)CCCCC1=O.O=C(c1cccs1)C1CCCC1. The predicted molar refractivity (Wildman–Crippen MR) is 114 cm³/mol. The van der Waals surface area contributed by atoms with Crippen LogP contribution < -0.4 is 5.32 Å². The molecule has 2 saturated carbocycles. The minimum atomic E-state index is -0.360. The summed E-state index contributed by atoms with van der Waals surface area (Å²) in [6, 6.07) is 8.00. The third-order valence-electron chi connectivity index (χ3n) is 5.59. The summed E-state index contributed by atoms with van der Waals surface area (Å²) in [5, 5.41) is 7.44. The van der Waals surface area contributed by atoms with E-state index in [1.807, 2.05) is 23.6 Å². The topological polar surface area (TPSA) is 46.2 Å². The number of carbonyl (C=O) groups excluding carboxylic acids is 2. The first-order chi connectivity index (χ1) is 13.2. The number of carbonyl (C=O) groups is 2. The van der Waals surface area contributed by atoms with Gasteiger partial charge in [-0.2, -0.15) is 0 Å². The van der Waals surface area contributed by atoms with Crippen molar-refractivity contribution in [1.29, 1.82) is 0 Å². The summed E-state index contributed by atoms with van der Waals surface area (Å²) in [5.74, 6) is 1.09. The van der Waals surface area contributed by atoms with Crippen LogP contribution in [0.5, 0.6) is 0 Å². The van der Waals surface area contributed by atoms with Crippen molar-refractivity contribution in [3.63, 3.8) is 0 Å². The van der Waals surface area contributed by atoms with E-state index in [1.54, 1.807) is 22.7 Å². The summed E-state index contributed by atoms with van der Waals surface area (Å²) in [7, 11) is 0. The first-order valence-corrected chi connectivity index (χ1v) is 11.8. The van der Waals surface area contributed by atoms with Gasteiger partial charge in [-0.05, 0) is 55.1 Å². The molecule has 3 nitrogen and oxygen atoms in total. The lowest BCUT2D eigenvalue weighted by Crippen LogP contribution is -2.50. The molecule has 1 atom stereocenters. The number of rotatable bonds is 5. The highest BCUT2D eigenvalue weighted by atomic mass is 32.1. The molecule has 2 aliphatic rings. The Labute approximate surface area is 170 Å². The van der Waals surface area contributed by atoms with Gasteiger partial charge in [-0.25, -0.2) is 0 Å². The standard InChI is InChI=1S/C12H17NOS.C10H12OS/c1-2-13-12(11-7-5-9-15-11)8-4-3-6-10(12)14;11-10(8-4-1-2-5-8)9-6-3-7-12-9/h5,7,9,13H,2-4,6,8H2,1H3;3,6-8H,1-2,4-5H2. The molecule has 1 unspecified atom stereocenters. The largest absolute Gasteiger partial charge is 0.301 e. The van der Waals surface area contributed by atoms with Crippen LogP contribution in [-0.4, -0.2) is 18.1 Å². The Morgan fingerprint density at radius 2 is 1.85 bits per heavy atom. The number of hydrogen-bond acceptors (Lipinski definition) is 5. The van der Waals surface area contributed by atoms with Crippen LogP contribution in [0.2, 0.25) is 0 Å². The lowest BCUT2D eigenvalue weighted by atomic mass is 9.79. The second-order valence-corrected chi connectivity index (χ2v) is 9.26. The van der Waals surface area contributed by atoms with Gasteiger partial charge < -0.3 is 5.32 Å². The number of Topliss-reactive ketones (excluding diaryl/α,β-unsaturated/α-hetero) is 2. The van der Waals surface area contributed by atoms with E-state index < -0.39 is 0 Å². The highest BCUT2D eigenvalue weighted by Gasteiger charge is 2.41. The maximum absolute atomic E-state index is 12.1. The van der Waals surface area contributed by atoms with E-state index in [-0.39, 0.29) is 5.54 Å². The second-order valence-electron chi connectivity index (χ2n) is 7.37. The first kappa shape index (κ1) is 20.4. The number of ketones is 2. The van der Waals surface area contributed by atoms with Crippen molar-refractivity contribution in [1.82, 2.24) is 5.32 Å². The molecule has 0 aliphatic heterocycles. The van der Waals surface area contributed by atoms with E-state index in [9.17, 15) is 9.59 Å². The van der Waals surface area contributed by atoms with E-state index in [1.165, 1.54) is 17.7 Å². The third kappa shape index (κ3) is 4.76. The Bertz CT molecular complexity index is 714. The van der Waals surface area contributed by atoms with Gasteiger partial charge in [-0.3, -0.25) is 9.59 Å². The van der Waals surface area contributed by atoms with E-state index >= 15 is 0 Å². The van der Waals surface area contributed by atoms with Crippen molar-refractivity contribution >= 4 is 34.2 Å². The monoisotopic (exact) mass is 403 g/mol. The zero-order valence-corrected chi connectivity index (χ0v) is 17.7. The maximum Gasteiger partial charge on any atom is 0.175 e. The normalized spacial score (nSPS) is 23.1. The molecule has 4 rings (SSSR count). The molecule has 0 saturated heterocycles. The second kappa shape index (κ2) is 9.76. The molecule has 2 aromatic rings. The van der Waals surface area contributed by atoms with E-state index in [2.05, 4.69) is 23.7 Å². The fourth-order valence-electron chi connectivity index (χ4n) is 4.19. The summed E-state index contributed by atoms with van der Waals surface area (Å²) < 4.78 is 0. The summed E-state index contributed by atoms with van der Waals surface area (Å²) in [6.45, 7) is 2.92. The van der Waals surface area contributed by atoms with E-state index in [0.29, 0.717) is 17.5 Å². The molecule has 5 heteroatoms. The van der Waals surface area contributed by atoms with Crippen LogP contribution in [0, 0.1) is 5.92 Å². The van der Waals surface area contributed by atoms with Gasteiger partial charge in [-0.15, -0.1) is 22.7 Å². The molecule has 0 spiro atoms. The average molecular weight is 404 g/mol. The Balaban J connectivity index is 0.000000159. The molecule has 2 aliphatic carbocycles. The Morgan fingerprint density at radius 1 is 1.11 bits per heavy atom. The first-order valence-electron chi connectivity index (χ1n) is 10.1. The summed E-state index contributed by atoms with van der Waals surface area (Å²) in [6.07, 6.45) is 8.58. The smallest absolute Gasteiger partial charge is 0.175 e. The lowest BCUT2D eigenvalue weighted by Gasteiger charge is -2.35. The van der Waals surface area contributed by atoms with Crippen molar-refractivity contribution in [3.8, 4) is 0 Å². The molecule has 0 aromatic carbocycles. The zero-order chi connectivity index (χ0) is 19.1. The van der Waals surface area contributed by atoms with Crippen LogP contribution in [-0.2, 0) is 10.3 Å². The summed E-state index contributed by atoms with van der Waals surface area (Å²) in [5.41, 5.74) is -0.360. The number of nitrogens with one attached hydrogen (secondary N) is 1. The lowest BCUT2D eigenvalue weighted by molar-refractivity contribution is -0.127. The highest BCUT2D eigenvalue weighted by Crippen LogP contribution is 2.36. The van der Waals surface area contributed by atoms with Crippen molar-refractivity contribution in [3.05, 3.63) is 44.8 Å². The van der Waals surface area contributed by atoms with Crippen LogP contribution in [0.4, 0.5) is 0 Å². The van der Waals surface area contributed by atoms with E-state index in [4.69, 9.17) is 0 Å². The zero-order valence-electron chi connectivity index (χ0n) is 16.0. The van der Waals surface area contributed by atoms with Crippen LogP contribution in [0.15, 0.2) is 35.0 Å². The number of likely N-dealkylation sites (N-methyl/N-ethyl adjacent to an activating group) is 1. The summed E-state index contributed by atoms with van der Waals surface area (Å²) in [4.78, 5) is 26.0. The van der Waals surface area contributed by atoms with Gasteiger partial charge in [0.1, 0.15) is 5.54 Å². The van der Waals surface area contributed by atoms with Crippen molar-refractivity contribution < 1.29 is 9.59 Å². The number of thiophene rings is 2. The Hall–Kier alpha value is -1.30. The fraction of sp³-hybridized carbons (Fsp3) is 0.545. The quantitative estimate of drug-likeness (QED) is 0.640. The molecular weight excluding hydrogens is 374 g/mol. The molecule has 1 N–H and O–H groups in total. The summed E-state index contributed by atoms with van der Waals surface area (Å²) >= 11 is 3.26.